The maximum absolute atomic E-state index is 12.7. The molecule has 0 aliphatic heterocycles. The van der Waals surface area contributed by atoms with Crippen LogP contribution < -0.4 is 0 Å². The zero-order valence-electron chi connectivity index (χ0n) is 9.30. The number of hydrogen-bond donors (Lipinski definition) is 0. The lowest BCUT2D eigenvalue weighted by Crippen LogP contribution is -2.25. The smallest absolute Gasteiger partial charge is 0.124 e. The molecular formula is C12H11Cl4OP. The molecular weight excluding hydrogens is 333 g/mol. The summed E-state index contributed by atoms with van der Waals surface area (Å²) in [6.45, 7) is 0. The van der Waals surface area contributed by atoms with Gasteiger partial charge in [-0.2, -0.15) is 0 Å². The van der Waals surface area contributed by atoms with Crippen LogP contribution >= 0.6 is 54.2 Å². The van der Waals surface area contributed by atoms with Crippen LogP contribution in [0.25, 0.3) is 0 Å². The first kappa shape index (κ1) is 14.8. The first-order chi connectivity index (χ1) is 8.36. The number of allylic oxidation sites excluding steroid dienone is 8. The molecule has 2 atom stereocenters. The van der Waals surface area contributed by atoms with Crippen LogP contribution in [0.4, 0.5) is 0 Å². The Hall–Kier alpha value is 0.350. The van der Waals surface area contributed by atoms with E-state index in [2.05, 4.69) is 0 Å². The lowest BCUT2D eigenvalue weighted by atomic mass is 10.2. The molecule has 0 bridgehead atoms. The van der Waals surface area contributed by atoms with Crippen molar-refractivity contribution in [3.8, 4) is 0 Å². The molecule has 18 heavy (non-hydrogen) atoms. The minimum Gasteiger partial charge on any atom is -0.322 e. The Labute approximate surface area is 127 Å². The Morgan fingerprint density at radius 2 is 1.33 bits per heavy atom. The fourth-order valence-corrected chi connectivity index (χ4v) is 5.32. The minimum absolute atomic E-state index is 0.418. The summed E-state index contributed by atoms with van der Waals surface area (Å²) >= 11 is 24.5. The summed E-state index contributed by atoms with van der Waals surface area (Å²) in [7, 11) is -2.33. The monoisotopic (exact) mass is 342 g/mol. The number of halogens is 4. The Morgan fingerprint density at radius 1 is 0.944 bits per heavy atom. The highest BCUT2D eigenvalue weighted by Crippen LogP contribution is 2.61. The molecule has 0 radical (unpaired) electrons. The van der Waals surface area contributed by atoms with Crippen molar-refractivity contribution in [3.05, 3.63) is 46.5 Å². The molecule has 0 fully saturated rings. The molecule has 0 amide bonds. The SMILES string of the molecule is O=[PH](C1(Cl)C=CC(Cl)=CC1)C1(Cl)C=CC(Cl)=CC1. The lowest BCUT2D eigenvalue weighted by Gasteiger charge is -2.33. The second kappa shape index (κ2) is 5.38. The Kier molecular flexibility index (Phi) is 4.41. The molecule has 0 saturated heterocycles. The summed E-state index contributed by atoms with van der Waals surface area (Å²) in [5, 5.41) is 1.21. The van der Waals surface area contributed by atoms with E-state index in [0.717, 1.165) is 0 Å². The molecule has 1 nitrogen and oxygen atoms in total. The van der Waals surface area contributed by atoms with Crippen molar-refractivity contribution in [1.29, 1.82) is 0 Å². The van der Waals surface area contributed by atoms with E-state index < -0.39 is 17.0 Å². The van der Waals surface area contributed by atoms with Crippen LogP contribution in [-0.4, -0.2) is 9.23 Å². The zero-order valence-corrected chi connectivity index (χ0v) is 13.3. The van der Waals surface area contributed by atoms with E-state index in [1.807, 2.05) is 0 Å². The van der Waals surface area contributed by atoms with Crippen molar-refractivity contribution >= 4 is 54.2 Å². The van der Waals surface area contributed by atoms with E-state index in [1.165, 1.54) is 0 Å². The lowest BCUT2D eigenvalue weighted by molar-refractivity contribution is 0.569. The third-order valence-electron chi connectivity index (χ3n) is 2.96. The van der Waals surface area contributed by atoms with Gasteiger partial charge in [-0.1, -0.05) is 47.5 Å². The highest BCUT2D eigenvalue weighted by atomic mass is 35.5. The number of alkyl halides is 2. The average Bonchev–Trinajstić information content (AvgIpc) is 2.36. The number of rotatable bonds is 2. The van der Waals surface area contributed by atoms with Gasteiger partial charge in [0.15, 0.2) is 0 Å². The fourth-order valence-electron chi connectivity index (χ4n) is 1.87. The van der Waals surface area contributed by atoms with Crippen LogP contribution in [0.15, 0.2) is 46.5 Å². The van der Waals surface area contributed by atoms with Crippen molar-refractivity contribution in [3.63, 3.8) is 0 Å². The Balaban J connectivity index is 2.23. The van der Waals surface area contributed by atoms with Gasteiger partial charge in [0.25, 0.3) is 0 Å². The van der Waals surface area contributed by atoms with E-state index >= 15 is 0 Å². The van der Waals surface area contributed by atoms with Gasteiger partial charge in [0.05, 0.1) is 0 Å². The number of hydrogen-bond acceptors (Lipinski definition) is 1. The van der Waals surface area contributed by atoms with E-state index in [-0.39, 0.29) is 0 Å². The van der Waals surface area contributed by atoms with Crippen molar-refractivity contribution in [2.45, 2.75) is 22.1 Å². The van der Waals surface area contributed by atoms with Gasteiger partial charge >= 0.3 is 0 Å². The molecule has 2 aliphatic rings. The Morgan fingerprint density at radius 3 is 1.61 bits per heavy atom. The van der Waals surface area contributed by atoms with Crippen LogP contribution in [0.1, 0.15) is 12.8 Å². The molecule has 6 heteroatoms. The Bertz CT molecular complexity index is 464. The second-order valence-electron chi connectivity index (χ2n) is 4.31. The minimum atomic E-state index is -2.33. The van der Waals surface area contributed by atoms with Gasteiger partial charge < -0.3 is 4.57 Å². The summed E-state index contributed by atoms with van der Waals surface area (Å²) in [4.78, 5) is 0. The molecule has 2 unspecified atom stereocenters. The molecule has 0 heterocycles. The predicted molar refractivity (Wildman–Crippen MR) is 81.6 cm³/mol. The quantitative estimate of drug-likeness (QED) is 0.472. The van der Waals surface area contributed by atoms with Crippen LogP contribution in [0, 0.1) is 0 Å². The van der Waals surface area contributed by atoms with Gasteiger partial charge in [0, 0.05) is 10.1 Å². The third-order valence-corrected chi connectivity index (χ3v) is 7.36. The van der Waals surface area contributed by atoms with Crippen molar-refractivity contribution in [1.82, 2.24) is 0 Å². The van der Waals surface area contributed by atoms with Gasteiger partial charge in [-0.3, -0.25) is 0 Å². The molecule has 0 spiro atoms. The van der Waals surface area contributed by atoms with Crippen LogP contribution in [0.3, 0.4) is 0 Å². The standard InChI is InChI=1S/C12H11Cl4OP/c13-9-1-5-11(15,6-2-9)18(17)12(16)7-3-10(14)4-8-12/h1-5,7,18H,6,8H2. The molecule has 2 aliphatic carbocycles. The maximum Gasteiger partial charge on any atom is 0.124 e. The molecule has 0 aromatic rings. The van der Waals surface area contributed by atoms with Crippen molar-refractivity contribution < 1.29 is 4.57 Å². The summed E-state index contributed by atoms with van der Waals surface area (Å²) in [5.74, 6) is 0. The molecule has 0 aromatic carbocycles. The topological polar surface area (TPSA) is 17.1 Å². The second-order valence-corrected chi connectivity index (χ2v) is 9.61. The van der Waals surface area contributed by atoms with Gasteiger partial charge in [-0.15, -0.1) is 23.2 Å². The maximum atomic E-state index is 12.7. The van der Waals surface area contributed by atoms with E-state index in [4.69, 9.17) is 46.4 Å². The highest BCUT2D eigenvalue weighted by Gasteiger charge is 2.44. The van der Waals surface area contributed by atoms with Gasteiger partial charge in [0.2, 0.25) is 0 Å². The van der Waals surface area contributed by atoms with Gasteiger partial charge in [-0.05, 0) is 25.0 Å². The molecule has 2 rings (SSSR count). The summed E-state index contributed by atoms with van der Waals surface area (Å²) in [5.41, 5.74) is 0. The van der Waals surface area contributed by atoms with E-state index in [9.17, 15) is 4.57 Å². The summed E-state index contributed by atoms with van der Waals surface area (Å²) < 4.78 is 10.8. The van der Waals surface area contributed by atoms with E-state index in [0.29, 0.717) is 22.9 Å². The largest absolute Gasteiger partial charge is 0.322 e. The van der Waals surface area contributed by atoms with Crippen LogP contribution in [-0.2, 0) is 4.57 Å². The van der Waals surface area contributed by atoms with Crippen LogP contribution in [0.5, 0.6) is 0 Å². The van der Waals surface area contributed by atoms with E-state index in [1.54, 1.807) is 36.5 Å². The fraction of sp³-hybridized carbons (Fsp3) is 0.333. The molecule has 0 saturated carbocycles. The van der Waals surface area contributed by atoms with Gasteiger partial charge in [0.1, 0.15) is 17.0 Å². The third kappa shape index (κ3) is 2.92. The first-order valence-corrected chi connectivity index (χ1v) is 8.30. The first-order valence-electron chi connectivity index (χ1n) is 5.38. The molecule has 0 aromatic heterocycles. The highest BCUT2D eigenvalue weighted by molar-refractivity contribution is 7.53. The van der Waals surface area contributed by atoms with Gasteiger partial charge in [-0.25, -0.2) is 0 Å². The molecule has 0 N–H and O–H groups in total. The predicted octanol–water partition coefficient (Wildman–Crippen LogP) is 5.58. The zero-order chi connectivity index (χ0) is 13.4. The molecule has 98 valence electrons. The van der Waals surface area contributed by atoms with Crippen molar-refractivity contribution in [2.24, 2.45) is 0 Å². The average molecular weight is 344 g/mol. The normalized spacial score (nSPS) is 37.1. The summed E-state index contributed by atoms with van der Waals surface area (Å²) in [6, 6.07) is 0. The van der Waals surface area contributed by atoms with Crippen LogP contribution in [0.2, 0.25) is 0 Å². The van der Waals surface area contributed by atoms with Crippen molar-refractivity contribution in [2.75, 3.05) is 0 Å². The summed E-state index contributed by atoms with van der Waals surface area (Å²) in [6.07, 6.45) is 11.0.